The number of aldehydes is 1. The van der Waals surface area contributed by atoms with Gasteiger partial charge in [-0.15, -0.1) is 9.24 Å². The van der Waals surface area contributed by atoms with E-state index < -0.39 is 0 Å². The van der Waals surface area contributed by atoms with Crippen molar-refractivity contribution in [3.63, 3.8) is 0 Å². The smallest absolute Gasteiger partial charge is 0.153 e. The Bertz CT molecular complexity index is 1480. The van der Waals surface area contributed by atoms with Crippen molar-refractivity contribution in [1.82, 2.24) is 4.98 Å². The third kappa shape index (κ3) is 6.48. The molecule has 5 rings (SSSR count). The number of hydrogen-bond acceptors (Lipinski definition) is 5. The van der Waals surface area contributed by atoms with Crippen molar-refractivity contribution >= 4 is 43.9 Å². The molecule has 4 aromatic rings. The second kappa shape index (κ2) is 11.9. The van der Waals surface area contributed by atoms with E-state index in [9.17, 15) is 4.79 Å². The van der Waals surface area contributed by atoms with Gasteiger partial charge in [0.2, 0.25) is 0 Å². The van der Waals surface area contributed by atoms with Gasteiger partial charge in [0, 0.05) is 5.39 Å². The van der Waals surface area contributed by atoms with Gasteiger partial charge < -0.3 is 14.2 Å². The monoisotopic (exact) mass is 525 g/mol. The average molecular weight is 526 g/mol. The van der Waals surface area contributed by atoms with Crippen LogP contribution < -0.4 is 14.8 Å². The standard InChI is InChI=1S/C32H32NO4P/c1-21-14-24-9-11-27(33-29(24)17-32(21)38)10-8-22-4-3-5-25(15-22)31(36-19-23-6-7-23)20-37-30-13-12-28(35-2)16-26(30)18-34/h3-5,8-18,23,31H,6-7,19-20,38H2,1-2H3/b10-8+. The van der Waals surface area contributed by atoms with Crippen molar-refractivity contribution in [2.24, 2.45) is 5.92 Å². The largest absolute Gasteiger partial charge is 0.497 e. The van der Waals surface area contributed by atoms with Crippen LogP contribution in [0.2, 0.25) is 0 Å². The molecule has 1 fully saturated rings. The number of carbonyl (C=O) groups excluding carboxylic acids is 1. The van der Waals surface area contributed by atoms with Crippen LogP contribution in [0.1, 0.15) is 51.7 Å². The summed E-state index contributed by atoms with van der Waals surface area (Å²) in [5.74, 6) is 1.76. The number of fused-ring (bicyclic) bond motifs is 1. The van der Waals surface area contributed by atoms with E-state index >= 15 is 0 Å². The van der Waals surface area contributed by atoms with Crippen LogP contribution in [0.3, 0.4) is 0 Å². The normalized spacial score (nSPS) is 14.1. The molecule has 3 aromatic carbocycles. The highest BCUT2D eigenvalue weighted by atomic mass is 31.0. The zero-order valence-corrected chi connectivity index (χ0v) is 22.9. The van der Waals surface area contributed by atoms with E-state index in [1.165, 1.54) is 18.4 Å². The maximum atomic E-state index is 11.6. The summed E-state index contributed by atoms with van der Waals surface area (Å²) in [6.07, 6.45) is 7.05. The topological polar surface area (TPSA) is 57.6 Å². The van der Waals surface area contributed by atoms with E-state index in [-0.39, 0.29) is 6.10 Å². The molecule has 1 aliphatic rings. The summed E-state index contributed by atoms with van der Waals surface area (Å²) in [6.45, 7) is 3.11. The maximum absolute atomic E-state index is 11.6. The SMILES string of the molecule is COc1ccc(OCC(OCC2CC2)c2cccc(/C=C/c3ccc4cc(C)c(P)cc4n3)c2)c(C=O)c1. The Balaban J connectivity index is 1.34. The lowest BCUT2D eigenvalue weighted by Gasteiger charge is -2.20. The van der Waals surface area contributed by atoms with E-state index in [4.69, 9.17) is 19.2 Å². The number of aromatic nitrogens is 1. The first kappa shape index (κ1) is 26.1. The molecule has 0 spiro atoms. The fourth-order valence-corrected chi connectivity index (χ4v) is 4.52. The number of aryl methyl sites for hydroxylation is 1. The van der Waals surface area contributed by atoms with Gasteiger partial charge >= 0.3 is 0 Å². The summed E-state index contributed by atoms with van der Waals surface area (Å²) in [5, 5.41) is 2.30. The molecule has 2 atom stereocenters. The summed E-state index contributed by atoms with van der Waals surface area (Å²) in [5.41, 5.74) is 5.66. The van der Waals surface area contributed by atoms with E-state index in [0.29, 0.717) is 36.2 Å². The first-order valence-corrected chi connectivity index (χ1v) is 13.4. The number of hydrogen-bond donors (Lipinski definition) is 0. The van der Waals surface area contributed by atoms with Crippen LogP contribution in [-0.4, -0.2) is 31.6 Å². The highest BCUT2D eigenvalue weighted by Gasteiger charge is 2.24. The summed E-state index contributed by atoms with van der Waals surface area (Å²) in [6, 6.07) is 21.9. The van der Waals surface area contributed by atoms with Crippen LogP contribution in [0.15, 0.2) is 66.7 Å². The lowest BCUT2D eigenvalue weighted by molar-refractivity contribution is 0.0131. The molecule has 1 heterocycles. The highest BCUT2D eigenvalue weighted by Crippen LogP contribution is 2.32. The number of pyridine rings is 1. The zero-order chi connectivity index (χ0) is 26.5. The van der Waals surface area contributed by atoms with E-state index in [1.54, 1.807) is 25.3 Å². The van der Waals surface area contributed by atoms with Gasteiger partial charge in [0.15, 0.2) is 6.29 Å². The Hall–Kier alpha value is -3.53. The van der Waals surface area contributed by atoms with Crippen molar-refractivity contribution in [1.29, 1.82) is 0 Å². The first-order valence-electron chi connectivity index (χ1n) is 12.8. The maximum Gasteiger partial charge on any atom is 0.153 e. The number of nitrogens with zero attached hydrogens (tertiary/aromatic N) is 1. The van der Waals surface area contributed by atoms with Crippen molar-refractivity contribution in [2.75, 3.05) is 20.3 Å². The fraction of sp³-hybridized carbons (Fsp3) is 0.250. The van der Waals surface area contributed by atoms with Gasteiger partial charge in [-0.2, -0.15) is 0 Å². The zero-order valence-electron chi connectivity index (χ0n) is 21.7. The van der Waals surface area contributed by atoms with Crippen molar-refractivity contribution in [3.8, 4) is 11.5 Å². The summed E-state index contributed by atoms with van der Waals surface area (Å²) in [7, 11) is 4.35. The number of rotatable bonds is 11. The van der Waals surface area contributed by atoms with Crippen LogP contribution >= 0.6 is 9.24 Å². The van der Waals surface area contributed by atoms with Gasteiger partial charge in [-0.05, 0) is 96.2 Å². The van der Waals surface area contributed by atoms with Gasteiger partial charge in [0.1, 0.15) is 24.2 Å². The molecule has 1 aromatic heterocycles. The quantitative estimate of drug-likeness (QED) is 0.164. The minimum Gasteiger partial charge on any atom is -0.497 e. The van der Waals surface area contributed by atoms with E-state index in [0.717, 1.165) is 39.3 Å². The fourth-order valence-electron chi connectivity index (χ4n) is 4.27. The van der Waals surface area contributed by atoms with Gasteiger partial charge in [-0.1, -0.05) is 30.3 Å². The Kier molecular flexibility index (Phi) is 8.17. The molecule has 0 bridgehead atoms. The molecule has 0 saturated heterocycles. The first-order chi connectivity index (χ1) is 18.5. The van der Waals surface area contributed by atoms with Crippen LogP contribution in [0.25, 0.3) is 23.1 Å². The van der Waals surface area contributed by atoms with Gasteiger partial charge in [-0.25, -0.2) is 4.98 Å². The lowest BCUT2D eigenvalue weighted by Crippen LogP contribution is -2.16. The Morgan fingerprint density at radius 1 is 1.05 bits per heavy atom. The van der Waals surface area contributed by atoms with E-state index in [2.05, 4.69) is 58.6 Å². The number of ether oxygens (including phenoxy) is 3. The average Bonchev–Trinajstić information content (AvgIpc) is 3.77. The molecular weight excluding hydrogens is 493 g/mol. The lowest BCUT2D eigenvalue weighted by atomic mass is 10.1. The molecule has 2 unspecified atom stereocenters. The summed E-state index contributed by atoms with van der Waals surface area (Å²) < 4.78 is 17.6. The molecule has 0 N–H and O–H groups in total. The predicted octanol–water partition coefficient (Wildman–Crippen LogP) is 6.58. The van der Waals surface area contributed by atoms with Gasteiger partial charge in [0.05, 0.1) is 30.5 Å². The predicted molar refractivity (Wildman–Crippen MR) is 156 cm³/mol. The Morgan fingerprint density at radius 2 is 1.92 bits per heavy atom. The third-order valence-electron chi connectivity index (χ3n) is 6.79. The van der Waals surface area contributed by atoms with Crippen LogP contribution in [0, 0.1) is 12.8 Å². The summed E-state index contributed by atoms with van der Waals surface area (Å²) in [4.78, 5) is 16.4. The Morgan fingerprint density at radius 3 is 2.71 bits per heavy atom. The summed E-state index contributed by atoms with van der Waals surface area (Å²) >= 11 is 0. The number of carbonyl (C=O) groups is 1. The van der Waals surface area contributed by atoms with Crippen LogP contribution in [0.5, 0.6) is 11.5 Å². The van der Waals surface area contributed by atoms with Gasteiger partial charge in [-0.3, -0.25) is 4.79 Å². The number of methoxy groups -OCH3 is 1. The molecule has 0 amide bonds. The molecule has 6 heteroatoms. The molecule has 1 aliphatic carbocycles. The van der Waals surface area contributed by atoms with Crippen LogP contribution in [-0.2, 0) is 4.74 Å². The van der Waals surface area contributed by atoms with Crippen molar-refractivity contribution in [3.05, 3.63) is 94.7 Å². The second-order valence-electron chi connectivity index (χ2n) is 9.74. The second-order valence-corrected chi connectivity index (χ2v) is 10.4. The molecule has 0 aliphatic heterocycles. The van der Waals surface area contributed by atoms with Gasteiger partial charge in [0.25, 0.3) is 0 Å². The van der Waals surface area contributed by atoms with Crippen molar-refractivity contribution < 1.29 is 19.0 Å². The molecule has 194 valence electrons. The minimum atomic E-state index is -0.256. The number of benzene rings is 3. The van der Waals surface area contributed by atoms with E-state index in [1.807, 2.05) is 18.2 Å². The Labute approximate surface area is 226 Å². The molecule has 1 saturated carbocycles. The molecule has 38 heavy (non-hydrogen) atoms. The van der Waals surface area contributed by atoms with Crippen molar-refractivity contribution in [2.45, 2.75) is 25.9 Å². The molecule has 5 nitrogen and oxygen atoms in total. The van der Waals surface area contributed by atoms with Crippen LogP contribution in [0.4, 0.5) is 0 Å². The molecular formula is C32H32NO4P. The molecule has 0 radical (unpaired) electrons. The third-order valence-corrected chi connectivity index (χ3v) is 7.41. The minimum absolute atomic E-state index is 0.256. The highest BCUT2D eigenvalue weighted by molar-refractivity contribution is 7.27.